The summed E-state index contributed by atoms with van der Waals surface area (Å²) in [6.07, 6.45) is 2.14. The Labute approximate surface area is 135 Å². The van der Waals surface area contributed by atoms with E-state index >= 15 is 0 Å². The van der Waals surface area contributed by atoms with Gasteiger partial charge in [0.05, 0.1) is 19.4 Å². The van der Waals surface area contributed by atoms with Crippen molar-refractivity contribution in [2.45, 2.75) is 33.1 Å². The average Bonchev–Trinajstić information content (AvgIpc) is 2.99. The molecule has 122 valence electrons. The minimum atomic E-state index is -0.0755. The maximum Gasteiger partial charge on any atom is 0.226 e. The molecule has 1 amide bonds. The van der Waals surface area contributed by atoms with Crippen LogP contribution in [0.15, 0.2) is 18.3 Å². The maximum absolute atomic E-state index is 12.0. The predicted molar refractivity (Wildman–Crippen MR) is 87.2 cm³/mol. The summed E-state index contributed by atoms with van der Waals surface area (Å²) in [4.78, 5) is 12.0. The van der Waals surface area contributed by atoms with Crippen molar-refractivity contribution in [3.8, 4) is 11.5 Å². The molecule has 1 aliphatic rings. The van der Waals surface area contributed by atoms with Gasteiger partial charge in [-0.15, -0.1) is 0 Å². The van der Waals surface area contributed by atoms with Gasteiger partial charge in [0.2, 0.25) is 5.91 Å². The van der Waals surface area contributed by atoms with Crippen LogP contribution < -0.4 is 14.8 Å². The van der Waals surface area contributed by atoms with Crippen molar-refractivity contribution in [2.24, 2.45) is 0 Å². The Kier molecular flexibility index (Phi) is 4.23. The Morgan fingerprint density at radius 1 is 1.22 bits per heavy atom. The van der Waals surface area contributed by atoms with E-state index in [1.165, 1.54) is 0 Å². The van der Waals surface area contributed by atoms with Gasteiger partial charge in [0.1, 0.15) is 17.3 Å². The van der Waals surface area contributed by atoms with Gasteiger partial charge in [-0.25, -0.2) is 0 Å². The Balaban J connectivity index is 2.09. The molecular formula is C17H21N3O3. The predicted octanol–water partition coefficient (Wildman–Crippen LogP) is 2.99. The average molecular weight is 315 g/mol. The van der Waals surface area contributed by atoms with Crippen LogP contribution in [-0.2, 0) is 4.79 Å². The minimum absolute atomic E-state index is 0.0271. The molecule has 1 aliphatic heterocycles. The standard InChI is InChI=1S/C17H21N3O3/c1-4-22-14-7-6-11(16(10(14)3)23-5-2)12-8-15(21)19-17-13(12)9-18-20-17/h6-7,9,12H,4-5,8H2,1-3H3,(H2,18,19,20,21). The fourth-order valence-corrected chi connectivity index (χ4v) is 3.04. The smallest absolute Gasteiger partial charge is 0.226 e. The number of ether oxygens (including phenoxy) is 2. The summed E-state index contributed by atoms with van der Waals surface area (Å²) in [5.74, 6) is 2.17. The molecule has 1 aromatic carbocycles. The molecule has 23 heavy (non-hydrogen) atoms. The third kappa shape index (κ3) is 2.76. The maximum atomic E-state index is 12.0. The van der Waals surface area contributed by atoms with E-state index in [-0.39, 0.29) is 11.8 Å². The molecule has 2 aromatic rings. The number of carbonyl (C=O) groups excluding carboxylic acids is 1. The molecule has 2 heterocycles. The van der Waals surface area contributed by atoms with Crippen molar-refractivity contribution in [2.75, 3.05) is 18.5 Å². The Bertz CT molecular complexity index is 724. The molecule has 3 rings (SSSR count). The number of aromatic nitrogens is 2. The first-order valence-electron chi connectivity index (χ1n) is 7.87. The molecule has 0 spiro atoms. The van der Waals surface area contributed by atoms with Gasteiger partial charge >= 0.3 is 0 Å². The zero-order chi connectivity index (χ0) is 16.4. The van der Waals surface area contributed by atoms with Crippen LogP contribution in [0.4, 0.5) is 5.82 Å². The van der Waals surface area contributed by atoms with Crippen molar-refractivity contribution in [3.63, 3.8) is 0 Å². The molecule has 1 atom stereocenters. The first kappa shape index (κ1) is 15.4. The summed E-state index contributed by atoms with van der Waals surface area (Å²) in [6.45, 7) is 7.05. The highest BCUT2D eigenvalue weighted by molar-refractivity contribution is 5.94. The number of hydrogen-bond donors (Lipinski definition) is 2. The molecule has 0 aliphatic carbocycles. The summed E-state index contributed by atoms with van der Waals surface area (Å²) in [6, 6.07) is 3.94. The zero-order valence-corrected chi connectivity index (χ0v) is 13.6. The van der Waals surface area contributed by atoms with Gasteiger partial charge in [-0.3, -0.25) is 9.89 Å². The lowest BCUT2D eigenvalue weighted by Crippen LogP contribution is -2.23. The largest absolute Gasteiger partial charge is 0.493 e. The van der Waals surface area contributed by atoms with Crippen molar-refractivity contribution >= 4 is 11.7 Å². The minimum Gasteiger partial charge on any atom is -0.493 e. The molecule has 1 unspecified atom stereocenters. The van der Waals surface area contributed by atoms with E-state index in [0.29, 0.717) is 25.5 Å². The number of carbonyl (C=O) groups is 1. The van der Waals surface area contributed by atoms with E-state index in [9.17, 15) is 4.79 Å². The van der Waals surface area contributed by atoms with Crippen LogP contribution >= 0.6 is 0 Å². The van der Waals surface area contributed by atoms with Crippen LogP contribution in [0.3, 0.4) is 0 Å². The first-order chi connectivity index (χ1) is 11.2. The number of aromatic amines is 1. The second-order valence-corrected chi connectivity index (χ2v) is 5.48. The number of anilines is 1. The van der Waals surface area contributed by atoms with Gasteiger partial charge in [-0.1, -0.05) is 6.07 Å². The van der Waals surface area contributed by atoms with Crippen LogP contribution in [0, 0.1) is 6.92 Å². The summed E-state index contributed by atoms with van der Waals surface area (Å²) >= 11 is 0. The molecule has 0 fully saturated rings. The number of nitrogens with one attached hydrogen (secondary N) is 2. The second kappa shape index (κ2) is 6.32. The van der Waals surface area contributed by atoms with Gasteiger partial charge in [-0.2, -0.15) is 5.10 Å². The topological polar surface area (TPSA) is 76.2 Å². The number of rotatable bonds is 5. The molecule has 0 bridgehead atoms. The highest BCUT2D eigenvalue weighted by Gasteiger charge is 2.31. The highest BCUT2D eigenvalue weighted by Crippen LogP contribution is 2.43. The molecule has 6 heteroatoms. The Morgan fingerprint density at radius 2 is 2.00 bits per heavy atom. The van der Waals surface area contributed by atoms with Crippen molar-refractivity contribution < 1.29 is 14.3 Å². The lowest BCUT2D eigenvalue weighted by Gasteiger charge is -2.25. The zero-order valence-electron chi connectivity index (χ0n) is 13.6. The number of amides is 1. The summed E-state index contributed by atoms with van der Waals surface area (Å²) in [7, 11) is 0. The fourth-order valence-electron chi connectivity index (χ4n) is 3.04. The van der Waals surface area contributed by atoms with Crippen molar-refractivity contribution in [3.05, 3.63) is 35.0 Å². The fraction of sp³-hybridized carbons (Fsp3) is 0.412. The van der Waals surface area contributed by atoms with Crippen LogP contribution in [0.5, 0.6) is 11.5 Å². The number of benzene rings is 1. The Morgan fingerprint density at radius 3 is 2.74 bits per heavy atom. The molecule has 0 saturated heterocycles. The Hall–Kier alpha value is -2.50. The quantitative estimate of drug-likeness (QED) is 0.889. The van der Waals surface area contributed by atoms with Crippen LogP contribution in [0.1, 0.15) is 42.9 Å². The SMILES string of the molecule is CCOc1ccc(C2CC(=O)Nc3[nH]ncc32)c(OCC)c1C. The van der Waals surface area contributed by atoms with Gasteiger partial charge in [0.25, 0.3) is 0 Å². The number of fused-ring (bicyclic) bond motifs is 1. The van der Waals surface area contributed by atoms with Gasteiger partial charge < -0.3 is 14.8 Å². The molecule has 6 nitrogen and oxygen atoms in total. The third-order valence-electron chi connectivity index (χ3n) is 4.05. The second-order valence-electron chi connectivity index (χ2n) is 5.48. The summed E-state index contributed by atoms with van der Waals surface area (Å²) in [5.41, 5.74) is 2.93. The van der Waals surface area contributed by atoms with E-state index in [2.05, 4.69) is 15.5 Å². The highest BCUT2D eigenvalue weighted by atomic mass is 16.5. The van der Waals surface area contributed by atoms with E-state index in [4.69, 9.17) is 9.47 Å². The first-order valence-corrected chi connectivity index (χ1v) is 7.87. The molecule has 1 aromatic heterocycles. The lowest BCUT2D eigenvalue weighted by atomic mass is 9.86. The third-order valence-corrected chi connectivity index (χ3v) is 4.05. The number of hydrogen-bond acceptors (Lipinski definition) is 4. The van der Waals surface area contributed by atoms with E-state index in [0.717, 1.165) is 28.2 Å². The molecule has 2 N–H and O–H groups in total. The molecule has 0 saturated carbocycles. The lowest BCUT2D eigenvalue weighted by molar-refractivity contribution is -0.116. The summed E-state index contributed by atoms with van der Waals surface area (Å²) in [5, 5.41) is 9.71. The van der Waals surface area contributed by atoms with Crippen molar-refractivity contribution in [1.82, 2.24) is 10.2 Å². The van der Waals surface area contributed by atoms with Gasteiger partial charge in [0, 0.05) is 29.0 Å². The monoisotopic (exact) mass is 315 g/mol. The van der Waals surface area contributed by atoms with Crippen LogP contribution in [0.25, 0.3) is 0 Å². The number of H-pyrrole nitrogens is 1. The summed E-state index contributed by atoms with van der Waals surface area (Å²) < 4.78 is 11.6. The van der Waals surface area contributed by atoms with Crippen molar-refractivity contribution in [1.29, 1.82) is 0 Å². The van der Waals surface area contributed by atoms with E-state index < -0.39 is 0 Å². The van der Waals surface area contributed by atoms with E-state index in [1.54, 1.807) is 6.20 Å². The van der Waals surface area contributed by atoms with E-state index in [1.807, 2.05) is 32.9 Å². The van der Waals surface area contributed by atoms with Crippen LogP contribution in [-0.4, -0.2) is 29.3 Å². The van der Waals surface area contributed by atoms with Gasteiger partial charge in [-0.05, 0) is 26.8 Å². The molecule has 0 radical (unpaired) electrons. The van der Waals surface area contributed by atoms with Gasteiger partial charge in [0.15, 0.2) is 0 Å². The van der Waals surface area contributed by atoms with Crippen LogP contribution in [0.2, 0.25) is 0 Å². The number of nitrogens with zero attached hydrogens (tertiary/aromatic N) is 1. The normalized spacial score (nSPS) is 16.7. The molecular weight excluding hydrogens is 294 g/mol.